The molecule has 0 amide bonds. The minimum absolute atomic E-state index is 0.140. The summed E-state index contributed by atoms with van der Waals surface area (Å²) in [4.78, 5) is 11.2. The average Bonchev–Trinajstić information content (AvgIpc) is 2.89. The lowest BCUT2D eigenvalue weighted by atomic mass is 9.85. The summed E-state index contributed by atoms with van der Waals surface area (Å²) < 4.78 is 0. The fourth-order valence-corrected chi connectivity index (χ4v) is 5.67. The number of para-hydroxylation sites is 1. The molecule has 2 aliphatic heterocycles. The van der Waals surface area contributed by atoms with Crippen molar-refractivity contribution in [1.82, 2.24) is 4.90 Å². The molecule has 3 aliphatic rings. The molecule has 1 atom stereocenters. The number of thiocarbonyl (C=S) groups is 1. The molecule has 0 spiro atoms. The SMILES string of the molecule is CC1(C)C(=S)N(c2ccccc2Cl)C(=NC2CCCCC2)C1N1CCCCC1. The van der Waals surface area contributed by atoms with Gasteiger partial charge in [0.15, 0.2) is 0 Å². The van der Waals surface area contributed by atoms with Crippen molar-refractivity contribution in [2.75, 3.05) is 18.0 Å². The zero-order valence-corrected chi connectivity index (χ0v) is 18.7. The van der Waals surface area contributed by atoms with E-state index in [4.69, 9.17) is 28.8 Å². The Morgan fingerprint density at radius 1 is 1.00 bits per heavy atom. The number of benzene rings is 1. The second kappa shape index (κ2) is 8.41. The number of piperidine rings is 1. The summed E-state index contributed by atoms with van der Waals surface area (Å²) in [6, 6.07) is 8.72. The summed E-state index contributed by atoms with van der Waals surface area (Å²) in [5, 5.41) is 0.747. The molecule has 1 aromatic rings. The van der Waals surface area contributed by atoms with E-state index in [0.717, 1.165) is 34.6 Å². The van der Waals surface area contributed by atoms with E-state index < -0.39 is 0 Å². The fourth-order valence-electron chi connectivity index (χ4n) is 5.14. The fraction of sp³-hybridized carbons (Fsp3) is 0.652. The van der Waals surface area contributed by atoms with Crippen LogP contribution in [-0.2, 0) is 0 Å². The molecule has 0 bridgehead atoms. The molecule has 0 radical (unpaired) electrons. The summed E-state index contributed by atoms with van der Waals surface area (Å²) in [6.07, 6.45) is 10.2. The molecule has 2 heterocycles. The summed E-state index contributed by atoms with van der Waals surface area (Å²) in [5.41, 5.74) is 0.843. The summed E-state index contributed by atoms with van der Waals surface area (Å²) in [7, 11) is 0. The van der Waals surface area contributed by atoms with Gasteiger partial charge in [-0.05, 0) is 50.9 Å². The minimum Gasteiger partial charge on any atom is -0.293 e. The highest BCUT2D eigenvalue weighted by Gasteiger charge is 2.52. The lowest BCUT2D eigenvalue weighted by Gasteiger charge is -2.38. The maximum Gasteiger partial charge on any atom is 0.127 e. The Bertz CT molecular complexity index is 748. The summed E-state index contributed by atoms with van der Waals surface area (Å²) in [5.74, 6) is 1.14. The van der Waals surface area contributed by atoms with Gasteiger partial charge in [0.1, 0.15) is 5.84 Å². The molecule has 1 aromatic carbocycles. The van der Waals surface area contributed by atoms with Crippen molar-refractivity contribution in [3.63, 3.8) is 0 Å². The van der Waals surface area contributed by atoms with Gasteiger partial charge in [-0.1, -0.05) is 75.5 Å². The van der Waals surface area contributed by atoms with Gasteiger partial charge in [-0.15, -0.1) is 0 Å². The number of anilines is 1. The van der Waals surface area contributed by atoms with E-state index in [1.807, 2.05) is 18.2 Å². The van der Waals surface area contributed by atoms with Gasteiger partial charge in [0.25, 0.3) is 0 Å². The van der Waals surface area contributed by atoms with Crippen LogP contribution in [0.4, 0.5) is 5.69 Å². The number of amidine groups is 1. The predicted molar refractivity (Wildman–Crippen MR) is 124 cm³/mol. The standard InChI is InChI=1S/C23H32ClN3S/c1-23(2)20(26-15-9-4-10-16-26)21(25-17-11-5-3-6-12-17)27(22(23)28)19-14-8-7-13-18(19)24/h7-8,13-14,17,20H,3-6,9-12,15-16H2,1-2H3. The molecule has 3 nitrogen and oxygen atoms in total. The molecular formula is C23H32ClN3S. The molecule has 28 heavy (non-hydrogen) atoms. The molecule has 1 aliphatic carbocycles. The smallest absolute Gasteiger partial charge is 0.127 e. The predicted octanol–water partition coefficient (Wildman–Crippen LogP) is 6.10. The highest BCUT2D eigenvalue weighted by Crippen LogP contribution is 2.43. The van der Waals surface area contributed by atoms with Crippen molar-refractivity contribution in [3.8, 4) is 0 Å². The number of nitrogens with zero attached hydrogens (tertiary/aromatic N) is 3. The van der Waals surface area contributed by atoms with Crippen LogP contribution in [-0.4, -0.2) is 40.9 Å². The van der Waals surface area contributed by atoms with E-state index >= 15 is 0 Å². The first kappa shape index (κ1) is 20.3. The highest BCUT2D eigenvalue weighted by atomic mass is 35.5. The first-order valence-electron chi connectivity index (χ1n) is 10.9. The Morgan fingerprint density at radius 3 is 2.32 bits per heavy atom. The van der Waals surface area contributed by atoms with E-state index in [0.29, 0.717) is 6.04 Å². The van der Waals surface area contributed by atoms with E-state index in [9.17, 15) is 0 Å². The molecule has 3 fully saturated rings. The number of likely N-dealkylation sites (tertiary alicyclic amines) is 1. The van der Waals surface area contributed by atoms with E-state index in [1.54, 1.807) is 0 Å². The van der Waals surface area contributed by atoms with Crippen LogP contribution in [0.2, 0.25) is 5.02 Å². The van der Waals surface area contributed by atoms with Gasteiger partial charge in [0.2, 0.25) is 0 Å². The molecular weight excluding hydrogens is 386 g/mol. The summed E-state index contributed by atoms with van der Waals surface area (Å²) >= 11 is 12.7. The normalized spacial score (nSPS) is 28.2. The summed E-state index contributed by atoms with van der Waals surface area (Å²) in [6.45, 7) is 6.86. The van der Waals surface area contributed by atoms with Crippen LogP contribution in [0.5, 0.6) is 0 Å². The van der Waals surface area contributed by atoms with Crippen LogP contribution in [0, 0.1) is 5.41 Å². The van der Waals surface area contributed by atoms with Crippen LogP contribution in [0.3, 0.4) is 0 Å². The maximum absolute atomic E-state index is 6.63. The lowest BCUT2D eigenvalue weighted by molar-refractivity contribution is 0.154. The molecule has 5 heteroatoms. The maximum atomic E-state index is 6.63. The van der Waals surface area contributed by atoms with E-state index in [1.165, 1.54) is 51.4 Å². The van der Waals surface area contributed by atoms with Gasteiger partial charge in [0.05, 0.1) is 27.8 Å². The Morgan fingerprint density at radius 2 is 1.64 bits per heavy atom. The minimum atomic E-state index is -0.140. The molecule has 4 rings (SSSR count). The molecule has 1 unspecified atom stereocenters. The lowest BCUT2D eigenvalue weighted by Crippen LogP contribution is -2.50. The zero-order chi connectivity index (χ0) is 19.7. The zero-order valence-electron chi connectivity index (χ0n) is 17.2. The van der Waals surface area contributed by atoms with E-state index in [2.05, 4.69) is 29.7 Å². The number of halogens is 1. The first-order valence-corrected chi connectivity index (χ1v) is 11.7. The van der Waals surface area contributed by atoms with Crippen LogP contribution in [0.1, 0.15) is 65.2 Å². The average molecular weight is 418 g/mol. The van der Waals surface area contributed by atoms with Gasteiger partial charge in [0, 0.05) is 5.41 Å². The monoisotopic (exact) mass is 417 g/mol. The van der Waals surface area contributed by atoms with Crippen molar-refractivity contribution < 1.29 is 0 Å². The van der Waals surface area contributed by atoms with Gasteiger partial charge in [-0.3, -0.25) is 14.8 Å². The Hall–Kier alpha value is -0.970. The van der Waals surface area contributed by atoms with Crippen molar-refractivity contribution in [1.29, 1.82) is 0 Å². The third-order valence-corrected chi connectivity index (χ3v) is 7.68. The highest BCUT2D eigenvalue weighted by molar-refractivity contribution is 7.80. The second-order valence-corrected chi connectivity index (χ2v) is 9.89. The van der Waals surface area contributed by atoms with Crippen LogP contribution in [0.15, 0.2) is 29.3 Å². The van der Waals surface area contributed by atoms with Crippen molar-refractivity contribution in [2.45, 2.75) is 77.3 Å². The van der Waals surface area contributed by atoms with Crippen LogP contribution in [0.25, 0.3) is 0 Å². The Balaban J connectivity index is 1.80. The van der Waals surface area contributed by atoms with Crippen molar-refractivity contribution in [3.05, 3.63) is 29.3 Å². The topological polar surface area (TPSA) is 18.8 Å². The molecule has 1 saturated carbocycles. The number of hydrogen-bond acceptors (Lipinski definition) is 3. The second-order valence-electron chi connectivity index (χ2n) is 9.09. The van der Waals surface area contributed by atoms with Gasteiger partial charge in [-0.2, -0.15) is 0 Å². The molecule has 0 aromatic heterocycles. The number of hydrogen-bond donors (Lipinski definition) is 0. The Kier molecular flexibility index (Phi) is 6.10. The van der Waals surface area contributed by atoms with Gasteiger partial charge >= 0.3 is 0 Å². The van der Waals surface area contributed by atoms with E-state index in [-0.39, 0.29) is 11.5 Å². The third-order valence-electron chi connectivity index (χ3n) is 6.65. The van der Waals surface area contributed by atoms with Crippen LogP contribution >= 0.6 is 23.8 Å². The van der Waals surface area contributed by atoms with Crippen molar-refractivity contribution in [2.24, 2.45) is 10.4 Å². The van der Waals surface area contributed by atoms with Crippen molar-refractivity contribution >= 4 is 40.3 Å². The van der Waals surface area contributed by atoms with Crippen LogP contribution < -0.4 is 4.90 Å². The Labute approximate surface area is 180 Å². The molecule has 152 valence electrons. The van der Waals surface area contributed by atoms with Gasteiger partial charge in [-0.25, -0.2) is 0 Å². The number of rotatable bonds is 3. The van der Waals surface area contributed by atoms with Gasteiger partial charge < -0.3 is 0 Å². The third kappa shape index (κ3) is 3.76. The molecule has 0 N–H and O–H groups in total. The first-order chi connectivity index (χ1) is 13.5. The largest absolute Gasteiger partial charge is 0.293 e. The quantitative estimate of drug-likeness (QED) is 0.553. The number of aliphatic imine (C=N–C) groups is 1. The molecule has 2 saturated heterocycles.